The van der Waals surface area contributed by atoms with Crippen molar-refractivity contribution in [2.75, 3.05) is 5.32 Å². The second-order valence-electron chi connectivity index (χ2n) is 3.83. The molecule has 84 valence electrons. The van der Waals surface area contributed by atoms with Crippen LogP contribution in [0, 0.1) is 0 Å². The molecule has 0 fully saturated rings. The molecule has 1 N–H and O–H groups in total. The number of anilines is 1. The summed E-state index contributed by atoms with van der Waals surface area (Å²) in [6.07, 6.45) is 5.20. The van der Waals surface area contributed by atoms with Crippen molar-refractivity contribution in [2.24, 2.45) is 0 Å². The van der Waals surface area contributed by atoms with Crippen molar-refractivity contribution >= 4 is 21.7 Å². The lowest BCUT2D eigenvalue weighted by molar-refractivity contribution is 0.419. The molecule has 1 heterocycles. The number of hydrogen-bond acceptors (Lipinski definition) is 2. The number of nitrogens with one attached hydrogen (secondary N) is 1. The fourth-order valence-corrected chi connectivity index (χ4v) is 1.97. The van der Waals surface area contributed by atoms with Gasteiger partial charge in [0.1, 0.15) is 5.82 Å². The average Bonchev–Trinajstić information content (AvgIpc) is 2.29. The Labute approximate surface area is 101 Å². The van der Waals surface area contributed by atoms with Crippen molar-refractivity contribution in [2.45, 2.75) is 45.6 Å². The summed E-state index contributed by atoms with van der Waals surface area (Å²) < 4.78 is 1.02. The molecule has 0 radical (unpaired) electrons. The van der Waals surface area contributed by atoms with E-state index in [2.05, 4.69) is 47.0 Å². The van der Waals surface area contributed by atoms with Crippen LogP contribution < -0.4 is 5.32 Å². The lowest BCUT2D eigenvalue weighted by Crippen LogP contribution is -2.36. The van der Waals surface area contributed by atoms with Crippen molar-refractivity contribution in [1.29, 1.82) is 0 Å². The zero-order valence-corrected chi connectivity index (χ0v) is 11.3. The third kappa shape index (κ3) is 3.20. The molecule has 0 unspecified atom stereocenters. The summed E-state index contributed by atoms with van der Waals surface area (Å²) in [7, 11) is 0. The predicted octanol–water partition coefficient (Wildman–Crippen LogP) is 4.22. The highest BCUT2D eigenvalue weighted by Gasteiger charge is 2.23. The maximum absolute atomic E-state index is 4.35. The molecule has 1 rings (SSSR count). The highest BCUT2D eigenvalue weighted by atomic mass is 79.9. The Morgan fingerprint density at radius 1 is 1.20 bits per heavy atom. The van der Waals surface area contributed by atoms with Crippen molar-refractivity contribution in [3.63, 3.8) is 0 Å². The minimum Gasteiger partial charge on any atom is -0.365 e. The minimum atomic E-state index is 0.195. The van der Waals surface area contributed by atoms with E-state index in [-0.39, 0.29) is 5.54 Å². The van der Waals surface area contributed by atoms with Crippen LogP contribution in [-0.2, 0) is 0 Å². The van der Waals surface area contributed by atoms with Gasteiger partial charge < -0.3 is 5.32 Å². The number of halogens is 1. The van der Waals surface area contributed by atoms with Crippen LogP contribution in [0.3, 0.4) is 0 Å². The Morgan fingerprint density at radius 3 is 2.20 bits per heavy atom. The Kier molecular flexibility index (Phi) is 4.58. The molecule has 0 saturated heterocycles. The van der Waals surface area contributed by atoms with Crippen molar-refractivity contribution in [1.82, 2.24) is 4.98 Å². The first kappa shape index (κ1) is 12.5. The van der Waals surface area contributed by atoms with Gasteiger partial charge >= 0.3 is 0 Å². The third-order valence-electron chi connectivity index (χ3n) is 3.15. The summed E-state index contributed by atoms with van der Waals surface area (Å²) in [6.45, 7) is 6.66. The Hall–Kier alpha value is -0.570. The second kappa shape index (κ2) is 5.50. The molecule has 1 aromatic heterocycles. The number of nitrogens with zero attached hydrogens (tertiary/aromatic N) is 1. The number of aromatic nitrogens is 1. The monoisotopic (exact) mass is 270 g/mol. The molecule has 0 amide bonds. The van der Waals surface area contributed by atoms with E-state index in [9.17, 15) is 0 Å². The molecule has 0 aromatic carbocycles. The summed E-state index contributed by atoms with van der Waals surface area (Å²) in [6, 6.07) is 4.03. The third-order valence-corrected chi connectivity index (χ3v) is 3.62. The Balaban J connectivity index is 2.78. The van der Waals surface area contributed by atoms with Crippen LogP contribution >= 0.6 is 15.9 Å². The number of hydrogen-bond donors (Lipinski definition) is 1. The largest absolute Gasteiger partial charge is 0.365 e. The fourth-order valence-electron chi connectivity index (χ4n) is 1.74. The predicted molar refractivity (Wildman–Crippen MR) is 69.2 cm³/mol. The summed E-state index contributed by atoms with van der Waals surface area (Å²) >= 11 is 3.39. The average molecular weight is 271 g/mol. The van der Waals surface area contributed by atoms with Crippen LogP contribution in [-0.4, -0.2) is 10.5 Å². The molecular weight excluding hydrogens is 252 g/mol. The van der Waals surface area contributed by atoms with Crippen LogP contribution in [0.15, 0.2) is 22.8 Å². The van der Waals surface area contributed by atoms with E-state index in [0.29, 0.717) is 0 Å². The first-order valence-corrected chi connectivity index (χ1v) is 6.35. The quantitative estimate of drug-likeness (QED) is 0.867. The maximum atomic E-state index is 4.35. The molecule has 0 atom stereocenters. The molecule has 0 bridgehead atoms. The van der Waals surface area contributed by atoms with E-state index >= 15 is 0 Å². The molecular formula is C12H19BrN2. The lowest BCUT2D eigenvalue weighted by Gasteiger charge is -2.32. The van der Waals surface area contributed by atoms with E-state index in [0.717, 1.165) is 29.6 Å². The standard InChI is InChI=1S/C12H19BrN2/c1-4-12(5-2,6-3)15-11-8-7-10(13)9-14-11/h7-9H,4-6H2,1-3H3,(H,14,15). The molecule has 0 saturated carbocycles. The molecule has 3 heteroatoms. The Morgan fingerprint density at radius 2 is 1.80 bits per heavy atom. The van der Waals surface area contributed by atoms with Gasteiger partial charge in [0.2, 0.25) is 0 Å². The van der Waals surface area contributed by atoms with Gasteiger partial charge in [-0.25, -0.2) is 4.98 Å². The molecule has 0 aliphatic carbocycles. The zero-order valence-electron chi connectivity index (χ0n) is 9.68. The van der Waals surface area contributed by atoms with Crippen molar-refractivity contribution in [3.05, 3.63) is 22.8 Å². The highest BCUT2D eigenvalue weighted by molar-refractivity contribution is 9.10. The molecule has 0 spiro atoms. The molecule has 0 aliphatic heterocycles. The Bertz CT molecular complexity index is 283. The van der Waals surface area contributed by atoms with Gasteiger partial charge in [-0.3, -0.25) is 0 Å². The van der Waals surface area contributed by atoms with Crippen LogP contribution in [0.4, 0.5) is 5.82 Å². The molecule has 1 aromatic rings. The van der Waals surface area contributed by atoms with Gasteiger partial charge in [0, 0.05) is 16.2 Å². The van der Waals surface area contributed by atoms with Crippen LogP contribution in [0.25, 0.3) is 0 Å². The minimum absolute atomic E-state index is 0.195. The number of pyridine rings is 1. The topological polar surface area (TPSA) is 24.9 Å². The smallest absolute Gasteiger partial charge is 0.126 e. The van der Waals surface area contributed by atoms with E-state index in [1.165, 1.54) is 0 Å². The van der Waals surface area contributed by atoms with Crippen molar-refractivity contribution in [3.8, 4) is 0 Å². The highest BCUT2D eigenvalue weighted by Crippen LogP contribution is 2.24. The SMILES string of the molecule is CCC(CC)(CC)Nc1ccc(Br)cn1. The molecule has 2 nitrogen and oxygen atoms in total. The lowest BCUT2D eigenvalue weighted by atomic mass is 9.90. The summed E-state index contributed by atoms with van der Waals surface area (Å²) in [5.41, 5.74) is 0.195. The molecule has 15 heavy (non-hydrogen) atoms. The fraction of sp³-hybridized carbons (Fsp3) is 0.583. The van der Waals surface area contributed by atoms with E-state index in [1.54, 1.807) is 0 Å². The van der Waals surface area contributed by atoms with Gasteiger partial charge in [0.25, 0.3) is 0 Å². The first-order chi connectivity index (χ1) is 7.15. The van der Waals surface area contributed by atoms with Crippen LogP contribution in [0.1, 0.15) is 40.0 Å². The maximum Gasteiger partial charge on any atom is 0.126 e. The number of rotatable bonds is 5. The van der Waals surface area contributed by atoms with Gasteiger partial charge in [-0.05, 0) is 47.3 Å². The first-order valence-electron chi connectivity index (χ1n) is 5.55. The van der Waals surface area contributed by atoms with Gasteiger partial charge in [-0.2, -0.15) is 0 Å². The van der Waals surface area contributed by atoms with E-state index < -0.39 is 0 Å². The summed E-state index contributed by atoms with van der Waals surface area (Å²) in [5.74, 6) is 0.962. The van der Waals surface area contributed by atoms with Gasteiger partial charge in [0.05, 0.1) is 0 Å². The van der Waals surface area contributed by atoms with Gasteiger partial charge in [0.15, 0.2) is 0 Å². The van der Waals surface area contributed by atoms with Gasteiger partial charge in [-0.15, -0.1) is 0 Å². The van der Waals surface area contributed by atoms with E-state index in [4.69, 9.17) is 0 Å². The second-order valence-corrected chi connectivity index (χ2v) is 4.74. The summed E-state index contributed by atoms with van der Waals surface area (Å²) in [5, 5.41) is 3.54. The van der Waals surface area contributed by atoms with Crippen LogP contribution in [0.2, 0.25) is 0 Å². The molecule has 0 aliphatic rings. The van der Waals surface area contributed by atoms with Gasteiger partial charge in [-0.1, -0.05) is 20.8 Å². The van der Waals surface area contributed by atoms with Crippen LogP contribution in [0.5, 0.6) is 0 Å². The zero-order chi connectivity index (χ0) is 11.3. The normalized spacial score (nSPS) is 11.5. The summed E-state index contributed by atoms with van der Waals surface area (Å²) in [4.78, 5) is 4.35. The van der Waals surface area contributed by atoms with E-state index in [1.807, 2.05) is 18.3 Å². The van der Waals surface area contributed by atoms with Crippen molar-refractivity contribution < 1.29 is 0 Å².